The molecule has 1 aromatic rings. The lowest BCUT2D eigenvalue weighted by Gasteiger charge is -2.23. The molecule has 2 heterocycles. The van der Waals surface area contributed by atoms with Crippen LogP contribution < -0.4 is 11.4 Å². The Balaban J connectivity index is 2.28. The van der Waals surface area contributed by atoms with Crippen molar-refractivity contribution in [1.82, 2.24) is 9.55 Å². The molecule has 0 saturated carbocycles. The summed E-state index contributed by atoms with van der Waals surface area (Å²) in [6, 6.07) is 1.27. The van der Waals surface area contributed by atoms with Gasteiger partial charge in [0, 0.05) is 6.20 Å². The van der Waals surface area contributed by atoms with Gasteiger partial charge in [0.2, 0.25) is 0 Å². The lowest BCUT2D eigenvalue weighted by molar-refractivity contribution is -0.0550. The highest BCUT2D eigenvalue weighted by Crippen LogP contribution is 2.49. The van der Waals surface area contributed by atoms with Crippen LogP contribution in [0.4, 0.5) is 5.82 Å². The molecule has 1 aromatic heterocycles. The Bertz CT molecular complexity index is 850. The Labute approximate surface area is 165 Å². The average Bonchev–Trinajstić information content (AvgIpc) is 2.89. The van der Waals surface area contributed by atoms with Crippen LogP contribution in [0.3, 0.4) is 0 Å². The van der Waals surface area contributed by atoms with Gasteiger partial charge in [0.1, 0.15) is 24.1 Å². The Hall–Kier alpha value is -1.18. The first kappa shape index (κ1) is 24.1. The molecule has 16 heteroatoms. The molecule has 0 aliphatic carbocycles. The van der Waals surface area contributed by atoms with Crippen LogP contribution in [0.5, 0.6) is 0 Å². The lowest BCUT2D eigenvalue weighted by Crippen LogP contribution is -2.37. The molecule has 0 bridgehead atoms. The number of aliphatic hydroxyl groups is 1. The molecule has 0 radical (unpaired) electrons. The van der Waals surface area contributed by atoms with Crippen LogP contribution in [-0.2, 0) is 32.0 Å². The van der Waals surface area contributed by atoms with Crippen LogP contribution in [0.2, 0.25) is 0 Å². The monoisotopic (exact) mass is 459 g/mol. The summed E-state index contributed by atoms with van der Waals surface area (Å²) in [5.74, 6) is -0.0689. The summed E-state index contributed by atoms with van der Waals surface area (Å²) in [6.07, 6.45) is -4.80. The number of phosphoric acid groups is 2. The summed E-state index contributed by atoms with van der Waals surface area (Å²) < 4.78 is 49.0. The van der Waals surface area contributed by atoms with E-state index in [1.807, 2.05) is 0 Å². The minimum atomic E-state index is -4.61. The van der Waals surface area contributed by atoms with Crippen molar-refractivity contribution < 1.29 is 46.9 Å². The fourth-order valence-corrected chi connectivity index (χ4v) is 4.24. The van der Waals surface area contributed by atoms with Gasteiger partial charge >= 0.3 is 21.3 Å². The molecular formula is C13H23N3O11P2. The Morgan fingerprint density at radius 1 is 1.21 bits per heavy atom. The minimum absolute atomic E-state index is 0.0689. The van der Waals surface area contributed by atoms with Gasteiger partial charge in [-0.2, -0.15) is 4.98 Å². The minimum Gasteiger partial charge on any atom is -0.386 e. The highest BCUT2D eigenvalue weighted by atomic mass is 31.2. The summed E-state index contributed by atoms with van der Waals surface area (Å²) in [7, 11) is -9.05. The maximum absolute atomic E-state index is 12.1. The molecule has 14 nitrogen and oxygen atoms in total. The number of nitrogens with zero attached hydrogens (tertiary/aromatic N) is 2. The molecule has 5 N–H and O–H groups in total. The van der Waals surface area contributed by atoms with Crippen molar-refractivity contribution in [3.8, 4) is 0 Å². The number of ether oxygens (including phenoxy) is 1. The second kappa shape index (κ2) is 9.75. The van der Waals surface area contributed by atoms with Crippen molar-refractivity contribution in [2.75, 3.05) is 25.6 Å². The van der Waals surface area contributed by atoms with Crippen LogP contribution in [0, 0.1) is 0 Å². The van der Waals surface area contributed by atoms with Crippen molar-refractivity contribution in [3.05, 3.63) is 22.7 Å². The first-order chi connectivity index (χ1) is 13.5. The number of hydrogen-bond acceptors (Lipinski definition) is 11. The van der Waals surface area contributed by atoms with Gasteiger partial charge in [-0.05, 0) is 19.9 Å². The third-order valence-corrected chi connectivity index (χ3v) is 5.83. The fourth-order valence-electron chi connectivity index (χ4n) is 2.55. The first-order valence-corrected chi connectivity index (χ1v) is 11.4. The molecule has 0 aromatic carbocycles. The summed E-state index contributed by atoms with van der Waals surface area (Å²) in [6.45, 7) is 1.96. The zero-order valence-electron chi connectivity index (χ0n) is 15.6. The van der Waals surface area contributed by atoms with Crippen LogP contribution in [0.15, 0.2) is 17.1 Å². The molecule has 0 amide bonds. The molecule has 1 aliphatic rings. The van der Waals surface area contributed by atoms with Crippen LogP contribution in [-0.4, -0.2) is 62.6 Å². The van der Waals surface area contributed by atoms with Gasteiger partial charge in [-0.1, -0.05) is 0 Å². The number of nitrogen functional groups attached to an aromatic ring is 1. The lowest BCUT2D eigenvalue weighted by atomic mass is 10.1. The van der Waals surface area contributed by atoms with Crippen LogP contribution >= 0.6 is 15.6 Å². The SMILES string of the molecule is CCOP(=O)(O)OC[C@H]1O[C@@H](n2ccc(N)nc2=O)[C@H](O)[C@@H]1OP(=O)(O)OCC. The molecular weight excluding hydrogens is 436 g/mol. The number of hydrogen-bond donors (Lipinski definition) is 4. The molecule has 29 heavy (non-hydrogen) atoms. The number of aromatic nitrogens is 2. The van der Waals surface area contributed by atoms with E-state index in [2.05, 4.69) is 14.0 Å². The highest BCUT2D eigenvalue weighted by molar-refractivity contribution is 7.47. The maximum atomic E-state index is 12.1. The third kappa shape index (κ3) is 6.40. The molecule has 2 unspecified atom stereocenters. The average molecular weight is 459 g/mol. The zero-order valence-corrected chi connectivity index (χ0v) is 17.3. The summed E-state index contributed by atoms with van der Waals surface area (Å²) >= 11 is 0. The second-order valence-corrected chi connectivity index (χ2v) is 8.60. The topological polar surface area (TPSA) is 202 Å². The largest absolute Gasteiger partial charge is 0.472 e. The van der Waals surface area contributed by atoms with Gasteiger partial charge in [-0.15, -0.1) is 0 Å². The van der Waals surface area contributed by atoms with Crippen molar-refractivity contribution in [3.63, 3.8) is 0 Å². The Morgan fingerprint density at radius 3 is 2.41 bits per heavy atom. The van der Waals surface area contributed by atoms with E-state index >= 15 is 0 Å². The van der Waals surface area contributed by atoms with Gasteiger partial charge < -0.3 is 25.4 Å². The molecule has 6 atom stereocenters. The predicted octanol–water partition coefficient (Wildman–Crippen LogP) is -0.241. The smallest absolute Gasteiger partial charge is 0.386 e. The van der Waals surface area contributed by atoms with Crippen LogP contribution in [0.1, 0.15) is 20.1 Å². The number of aliphatic hydroxyl groups excluding tert-OH is 1. The number of rotatable bonds is 10. The van der Waals surface area contributed by atoms with E-state index in [1.165, 1.54) is 26.1 Å². The van der Waals surface area contributed by atoms with Crippen molar-refractivity contribution in [2.24, 2.45) is 0 Å². The Kier molecular flexibility index (Phi) is 8.10. The molecule has 2 rings (SSSR count). The van der Waals surface area contributed by atoms with Gasteiger partial charge in [-0.25, -0.2) is 13.9 Å². The number of anilines is 1. The van der Waals surface area contributed by atoms with E-state index in [0.717, 1.165) is 4.57 Å². The standard InChI is InChI=1S/C13H23N3O11P2/c1-3-23-28(19,20)25-7-8-11(27-29(21,22)24-4-2)10(17)12(26-8)16-6-5-9(14)15-13(16)18/h5-6,8,10-12,17H,3-4,7H2,1-2H3,(H,19,20)(H,21,22)(H2,14,15,18)/t8-,10-,11-,12-/m1/s1. The van der Waals surface area contributed by atoms with Gasteiger partial charge in [0.25, 0.3) is 0 Å². The Morgan fingerprint density at radius 2 is 1.83 bits per heavy atom. The predicted molar refractivity (Wildman–Crippen MR) is 96.6 cm³/mol. The molecule has 166 valence electrons. The third-order valence-electron chi connectivity index (χ3n) is 3.68. The number of nitrogens with two attached hydrogens (primary N) is 1. The van der Waals surface area contributed by atoms with Crippen molar-refractivity contribution in [2.45, 2.75) is 38.4 Å². The van der Waals surface area contributed by atoms with E-state index in [9.17, 15) is 28.8 Å². The quantitative estimate of drug-likeness (QED) is 0.334. The highest BCUT2D eigenvalue weighted by Gasteiger charge is 2.49. The van der Waals surface area contributed by atoms with E-state index in [1.54, 1.807) is 0 Å². The fraction of sp³-hybridized carbons (Fsp3) is 0.692. The van der Waals surface area contributed by atoms with Crippen molar-refractivity contribution in [1.29, 1.82) is 0 Å². The molecule has 1 aliphatic heterocycles. The van der Waals surface area contributed by atoms with E-state index < -0.39 is 52.5 Å². The summed E-state index contributed by atoms with van der Waals surface area (Å²) in [5, 5.41) is 10.6. The molecule has 1 fully saturated rings. The van der Waals surface area contributed by atoms with Gasteiger partial charge in [0.15, 0.2) is 6.23 Å². The van der Waals surface area contributed by atoms with Crippen molar-refractivity contribution >= 4 is 21.5 Å². The van der Waals surface area contributed by atoms with Gasteiger partial charge in [-0.3, -0.25) is 22.7 Å². The maximum Gasteiger partial charge on any atom is 0.472 e. The van der Waals surface area contributed by atoms with E-state index in [-0.39, 0.29) is 19.0 Å². The number of phosphoric ester groups is 2. The van der Waals surface area contributed by atoms with E-state index in [0.29, 0.717) is 0 Å². The summed E-state index contributed by atoms with van der Waals surface area (Å²) in [4.78, 5) is 34.8. The van der Waals surface area contributed by atoms with Crippen LogP contribution in [0.25, 0.3) is 0 Å². The van der Waals surface area contributed by atoms with E-state index in [4.69, 9.17) is 19.5 Å². The van der Waals surface area contributed by atoms with Gasteiger partial charge in [0.05, 0.1) is 19.8 Å². The zero-order chi connectivity index (χ0) is 21.8. The normalized spacial score (nSPS) is 28.7. The molecule has 1 saturated heterocycles. The molecule has 0 spiro atoms. The second-order valence-electron chi connectivity index (χ2n) is 5.74. The first-order valence-electron chi connectivity index (χ1n) is 8.45. The summed E-state index contributed by atoms with van der Waals surface area (Å²) in [5.41, 5.74) is 4.56.